The van der Waals surface area contributed by atoms with Crippen LogP contribution in [-0.2, 0) is 11.3 Å². The maximum atomic E-state index is 13.3. The van der Waals surface area contributed by atoms with E-state index in [2.05, 4.69) is 5.16 Å². The van der Waals surface area contributed by atoms with E-state index in [1.54, 1.807) is 0 Å². The van der Waals surface area contributed by atoms with Crippen molar-refractivity contribution in [2.75, 3.05) is 4.90 Å². The van der Waals surface area contributed by atoms with Crippen molar-refractivity contribution >= 4 is 23.3 Å². The smallest absolute Gasteiger partial charge is 0.358 e. The number of halogens is 1. The van der Waals surface area contributed by atoms with Crippen LogP contribution in [0, 0.1) is 5.82 Å². The lowest BCUT2D eigenvalue weighted by Gasteiger charge is -2.14. The van der Waals surface area contributed by atoms with Gasteiger partial charge in [-0.2, -0.15) is 0 Å². The summed E-state index contributed by atoms with van der Waals surface area (Å²) in [6, 6.07) is 4.52. The number of anilines is 1. The van der Waals surface area contributed by atoms with Gasteiger partial charge < -0.3 is 9.63 Å². The summed E-state index contributed by atoms with van der Waals surface area (Å²) in [7, 11) is 0. The normalized spacial score (nSPS) is 13.7. The van der Waals surface area contributed by atoms with Gasteiger partial charge in [0.25, 0.3) is 11.7 Å². The number of aromatic nitrogens is 1. The van der Waals surface area contributed by atoms with Gasteiger partial charge in [0.2, 0.25) is 0 Å². The van der Waals surface area contributed by atoms with E-state index < -0.39 is 23.5 Å². The molecule has 0 radical (unpaired) electrons. The Bertz CT molecular complexity index is 783. The Kier molecular flexibility index (Phi) is 2.79. The minimum atomic E-state index is -1.28. The first-order valence-corrected chi connectivity index (χ1v) is 5.82. The highest BCUT2D eigenvalue weighted by Crippen LogP contribution is 2.31. The highest BCUT2D eigenvalue weighted by Gasteiger charge is 2.36. The molecule has 1 aromatic carbocycles. The second-order valence-corrected chi connectivity index (χ2v) is 4.37. The molecule has 106 valence electrons. The summed E-state index contributed by atoms with van der Waals surface area (Å²) in [5.74, 6) is -3.37. The fraction of sp³-hybridized carbons (Fsp3) is 0.0769. The largest absolute Gasteiger partial charge is 0.476 e. The van der Waals surface area contributed by atoms with Crippen LogP contribution in [0.15, 0.2) is 28.8 Å². The Hall–Kier alpha value is -3.03. The average molecular weight is 290 g/mol. The third kappa shape index (κ3) is 2.06. The molecule has 0 saturated heterocycles. The zero-order valence-corrected chi connectivity index (χ0v) is 10.4. The van der Waals surface area contributed by atoms with Gasteiger partial charge in [0.1, 0.15) is 5.82 Å². The van der Waals surface area contributed by atoms with Gasteiger partial charge in [-0.25, -0.2) is 9.18 Å². The van der Waals surface area contributed by atoms with Crippen LogP contribution >= 0.6 is 0 Å². The van der Waals surface area contributed by atoms with E-state index in [-0.39, 0.29) is 29.2 Å². The summed E-state index contributed by atoms with van der Waals surface area (Å²) in [5, 5.41) is 12.0. The molecule has 1 aromatic heterocycles. The molecule has 1 amide bonds. The van der Waals surface area contributed by atoms with Crippen molar-refractivity contribution in [3.8, 4) is 0 Å². The molecule has 0 bridgehead atoms. The minimum absolute atomic E-state index is 0.0747. The van der Waals surface area contributed by atoms with E-state index in [1.165, 1.54) is 6.07 Å². The predicted molar refractivity (Wildman–Crippen MR) is 65.4 cm³/mol. The van der Waals surface area contributed by atoms with Crippen molar-refractivity contribution in [1.29, 1.82) is 0 Å². The number of carboxylic acid groups (broad SMARTS) is 1. The number of carbonyl (C=O) groups is 3. The molecule has 2 aromatic rings. The van der Waals surface area contributed by atoms with Crippen LogP contribution in [-0.4, -0.2) is 27.9 Å². The van der Waals surface area contributed by atoms with E-state index in [4.69, 9.17) is 9.63 Å². The molecule has 0 aliphatic carbocycles. The van der Waals surface area contributed by atoms with Crippen molar-refractivity contribution < 1.29 is 28.4 Å². The van der Waals surface area contributed by atoms with Crippen LogP contribution in [0.3, 0.4) is 0 Å². The quantitative estimate of drug-likeness (QED) is 0.853. The topological polar surface area (TPSA) is 101 Å². The Morgan fingerprint density at radius 1 is 1.33 bits per heavy atom. The molecule has 8 heteroatoms. The maximum Gasteiger partial charge on any atom is 0.358 e. The molecule has 0 spiro atoms. The van der Waals surface area contributed by atoms with Crippen LogP contribution in [0.25, 0.3) is 0 Å². The number of nitrogens with zero attached hydrogens (tertiary/aromatic N) is 2. The number of fused-ring (bicyclic) bond motifs is 1. The van der Waals surface area contributed by atoms with Gasteiger partial charge in [0.15, 0.2) is 11.5 Å². The number of aromatic carboxylic acids is 1. The minimum Gasteiger partial charge on any atom is -0.476 e. The Morgan fingerprint density at radius 2 is 2.10 bits per heavy atom. The number of Topliss-reactive ketones (excluding diaryl/α,β-unsaturated/α-hetero) is 1. The van der Waals surface area contributed by atoms with Crippen LogP contribution in [0.4, 0.5) is 10.1 Å². The van der Waals surface area contributed by atoms with Crippen molar-refractivity contribution in [2.45, 2.75) is 6.54 Å². The van der Waals surface area contributed by atoms with Gasteiger partial charge in [-0.3, -0.25) is 14.5 Å². The molecule has 0 atom stereocenters. The fourth-order valence-corrected chi connectivity index (χ4v) is 2.07. The lowest BCUT2D eigenvalue weighted by atomic mass is 10.1. The maximum absolute atomic E-state index is 13.3. The number of carboxylic acids is 1. The third-order valence-corrected chi connectivity index (χ3v) is 3.03. The number of rotatable bonds is 3. The van der Waals surface area contributed by atoms with Gasteiger partial charge in [-0.05, 0) is 18.2 Å². The molecule has 7 nitrogen and oxygen atoms in total. The zero-order valence-electron chi connectivity index (χ0n) is 10.4. The summed E-state index contributed by atoms with van der Waals surface area (Å²) < 4.78 is 18.1. The van der Waals surface area contributed by atoms with Crippen LogP contribution in [0.5, 0.6) is 0 Å². The van der Waals surface area contributed by atoms with Crippen molar-refractivity contribution in [2.24, 2.45) is 0 Å². The molecule has 0 unspecified atom stereocenters. The number of hydrogen-bond donors (Lipinski definition) is 1. The van der Waals surface area contributed by atoms with Gasteiger partial charge in [0, 0.05) is 6.07 Å². The summed E-state index contributed by atoms with van der Waals surface area (Å²) in [4.78, 5) is 35.4. The predicted octanol–water partition coefficient (Wildman–Crippen LogP) is 1.24. The van der Waals surface area contributed by atoms with E-state index in [1.807, 2.05) is 0 Å². The second kappa shape index (κ2) is 4.51. The third-order valence-electron chi connectivity index (χ3n) is 3.03. The number of hydrogen-bond acceptors (Lipinski definition) is 5. The Balaban J connectivity index is 1.95. The monoisotopic (exact) mass is 290 g/mol. The van der Waals surface area contributed by atoms with Crippen molar-refractivity contribution in [1.82, 2.24) is 5.16 Å². The van der Waals surface area contributed by atoms with Crippen molar-refractivity contribution in [3.05, 3.63) is 47.1 Å². The van der Waals surface area contributed by atoms with Gasteiger partial charge in [0.05, 0.1) is 17.8 Å². The fourth-order valence-electron chi connectivity index (χ4n) is 2.07. The molecule has 1 aliphatic heterocycles. The lowest BCUT2D eigenvalue weighted by molar-refractivity contribution is -0.114. The average Bonchev–Trinajstić information content (AvgIpc) is 2.99. The molecule has 1 N–H and O–H groups in total. The van der Waals surface area contributed by atoms with E-state index >= 15 is 0 Å². The van der Waals surface area contributed by atoms with Gasteiger partial charge >= 0.3 is 5.97 Å². The first-order valence-electron chi connectivity index (χ1n) is 5.82. The van der Waals surface area contributed by atoms with Crippen LogP contribution < -0.4 is 4.90 Å². The lowest BCUT2D eigenvalue weighted by Crippen LogP contribution is -2.29. The van der Waals surface area contributed by atoms with E-state index in [9.17, 15) is 18.8 Å². The second-order valence-electron chi connectivity index (χ2n) is 4.37. The summed E-state index contributed by atoms with van der Waals surface area (Å²) in [6.45, 7) is -0.207. The number of carbonyl (C=O) groups excluding carboxylic acids is 2. The number of amides is 1. The first kappa shape index (κ1) is 13.0. The molecule has 0 saturated carbocycles. The molecular formula is C13H7FN2O5. The summed E-state index contributed by atoms with van der Waals surface area (Å²) in [5.41, 5.74) is -0.0971. The van der Waals surface area contributed by atoms with E-state index in [0.29, 0.717) is 0 Å². The first-order chi connectivity index (χ1) is 9.97. The molecule has 21 heavy (non-hydrogen) atoms. The SMILES string of the molecule is O=C(O)c1cc(CN2C(=O)C(=O)c3ccc(F)cc32)on1. The summed E-state index contributed by atoms with van der Waals surface area (Å²) >= 11 is 0. The molecule has 1 aliphatic rings. The standard InChI is InChI=1S/C13H7FN2O5/c14-6-1-2-8-10(3-6)16(12(18)11(8)17)5-7-4-9(13(19)20)15-21-7/h1-4H,5H2,(H,19,20). The molecule has 2 heterocycles. The van der Waals surface area contributed by atoms with Crippen LogP contribution in [0.1, 0.15) is 26.6 Å². The number of benzene rings is 1. The highest BCUT2D eigenvalue weighted by atomic mass is 19.1. The van der Waals surface area contributed by atoms with Crippen molar-refractivity contribution in [3.63, 3.8) is 0 Å². The molecule has 3 rings (SSSR count). The van der Waals surface area contributed by atoms with Gasteiger partial charge in [-0.1, -0.05) is 5.16 Å². The Morgan fingerprint density at radius 3 is 2.76 bits per heavy atom. The molecular weight excluding hydrogens is 283 g/mol. The number of ketones is 1. The summed E-state index contributed by atoms with van der Waals surface area (Å²) in [6.07, 6.45) is 0. The van der Waals surface area contributed by atoms with E-state index in [0.717, 1.165) is 23.1 Å². The highest BCUT2D eigenvalue weighted by molar-refractivity contribution is 6.52. The Labute approximate surface area is 116 Å². The van der Waals surface area contributed by atoms with Crippen LogP contribution in [0.2, 0.25) is 0 Å². The zero-order chi connectivity index (χ0) is 15.1. The molecule has 0 fully saturated rings. The van der Waals surface area contributed by atoms with Gasteiger partial charge in [-0.15, -0.1) is 0 Å².